The van der Waals surface area contributed by atoms with Crippen molar-refractivity contribution in [1.29, 1.82) is 0 Å². The number of nitrogens with zero attached hydrogens (tertiary/aromatic N) is 2. The Morgan fingerprint density at radius 3 is 1.18 bits per heavy atom. The number of aliphatic imine (C=N–C) groups is 2. The monoisotopic (exact) mass is 892 g/mol. The van der Waals surface area contributed by atoms with Gasteiger partial charge in [-0.3, -0.25) is 9.98 Å². The van der Waals surface area contributed by atoms with Gasteiger partial charge in [0, 0.05) is 37.8 Å². The van der Waals surface area contributed by atoms with E-state index in [9.17, 15) is 10.2 Å². The molecule has 326 valence electrons. The van der Waals surface area contributed by atoms with E-state index < -0.39 is 0 Å². The minimum absolute atomic E-state index is 0. The van der Waals surface area contributed by atoms with Gasteiger partial charge in [-0.15, -0.1) is 0 Å². The first-order valence-corrected chi connectivity index (χ1v) is 19.0. The van der Waals surface area contributed by atoms with Crippen molar-refractivity contribution in [3.8, 4) is 56.8 Å². The summed E-state index contributed by atoms with van der Waals surface area (Å²) in [5.41, 5.74) is 3.74. The van der Waals surface area contributed by atoms with Crippen LogP contribution in [-0.2, 0) is 45.5 Å². The third-order valence-corrected chi connectivity index (χ3v) is 8.40. The summed E-state index contributed by atoms with van der Waals surface area (Å²) in [4.78, 5) is 8.93. The van der Waals surface area contributed by atoms with Gasteiger partial charge in [-0.2, -0.15) is 0 Å². The van der Waals surface area contributed by atoms with Gasteiger partial charge in [-0.1, -0.05) is 47.9 Å². The molecule has 0 unspecified atom stereocenters. The smallest absolute Gasteiger partial charge is 1.00 e. The molecule has 0 spiro atoms. The van der Waals surface area contributed by atoms with Gasteiger partial charge in [-0.25, -0.2) is 0 Å². The summed E-state index contributed by atoms with van der Waals surface area (Å²) in [6, 6.07) is 22.0. The standard InChI is InChI=1S/C44H56N2O12.ClH.Mn/c1-49-15-17-53-19-21-55-23-25-57-39-11-7-5-9-37(39)33-27-35(43(47)41(29-33)51-3)31-45-13-14-46-32-36-28-34(30-42(52-4)44(36)48)38-10-6-8-12-40(38)58-26-24-56-22-20-54-18-16-50-2;;/h5-12,27-32,47-48H,13-26H2,1-4H3;1H;/q;;+3/p-3. The van der Waals surface area contributed by atoms with E-state index in [0.29, 0.717) is 102 Å². The largest absolute Gasteiger partial charge is 3.00 e. The first-order valence-electron chi connectivity index (χ1n) is 19.0. The van der Waals surface area contributed by atoms with Gasteiger partial charge in [0.25, 0.3) is 0 Å². The second-order valence-electron chi connectivity index (χ2n) is 12.4. The van der Waals surface area contributed by atoms with E-state index >= 15 is 0 Å². The van der Waals surface area contributed by atoms with E-state index in [-0.39, 0.29) is 65.6 Å². The van der Waals surface area contributed by atoms with Crippen molar-refractivity contribution in [2.75, 3.05) is 121 Å². The van der Waals surface area contributed by atoms with Crippen LogP contribution in [0, 0.1) is 0 Å². The van der Waals surface area contributed by atoms with Crippen LogP contribution in [0.1, 0.15) is 11.1 Å². The third-order valence-electron chi connectivity index (χ3n) is 8.40. The van der Waals surface area contributed by atoms with Gasteiger partial charge in [0.1, 0.15) is 36.2 Å². The van der Waals surface area contributed by atoms with Crippen molar-refractivity contribution in [1.82, 2.24) is 0 Å². The number of methoxy groups -OCH3 is 4. The fourth-order valence-corrected chi connectivity index (χ4v) is 5.51. The number of halogens is 1. The normalized spacial score (nSPS) is 11.1. The summed E-state index contributed by atoms with van der Waals surface area (Å²) in [6.45, 7) is 5.91. The molecule has 16 heteroatoms. The second-order valence-corrected chi connectivity index (χ2v) is 12.4. The van der Waals surface area contributed by atoms with Crippen molar-refractivity contribution in [3.63, 3.8) is 0 Å². The Morgan fingerprint density at radius 2 is 0.817 bits per heavy atom. The average Bonchev–Trinajstić information content (AvgIpc) is 3.25. The summed E-state index contributed by atoms with van der Waals surface area (Å²) in [5, 5.41) is 26.3. The summed E-state index contributed by atoms with van der Waals surface area (Å²) in [7, 11) is 6.16. The van der Waals surface area contributed by atoms with E-state index in [2.05, 4.69) is 9.98 Å². The van der Waals surface area contributed by atoms with Crippen LogP contribution < -0.4 is 41.6 Å². The Bertz CT molecular complexity index is 1730. The summed E-state index contributed by atoms with van der Waals surface area (Å²) in [6.07, 6.45) is 3.02. The fraction of sp³-hybridized carbons (Fsp3) is 0.409. The quantitative estimate of drug-likeness (QED) is 0.0443. The van der Waals surface area contributed by atoms with Crippen LogP contribution in [-0.4, -0.2) is 133 Å². The molecule has 0 aromatic heterocycles. The third kappa shape index (κ3) is 17.3. The molecule has 0 saturated carbocycles. The van der Waals surface area contributed by atoms with Crippen molar-refractivity contribution >= 4 is 12.4 Å². The first-order chi connectivity index (χ1) is 28.5. The number of rotatable bonds is 29. The van der Waals surface area contributed by atoms with Crippen LogP contribution in [0.3, 0.4) is 0 Å². The molecule has 4 aromatic carbocycles. The summed E-state index contributed by atoms with van der Waals surface area (Å²) in [5.74, 6) is 1.04. The van der Waals surface area contributed by atoms with Crippen molar-refractivity contribution < 1.29 is 87.1 Å². The molecule has 14 nitrogen and oxygen atoms in total. The number of ether oxygens (including phenoxy) is 10. The molecule has 60 heavy (non-hydrogen) atoms. The van der Waals surface area contributed by atoms with Crippen molar-refractivity contribution in [2.24, 2.45) is 9.98 Å². The molecule has 4 rings (SSSR count). The van der Waals surface area contributed by atoms with Gasteiger partial charge in [-0.05, 0) is 58.7 Å². The van der Waals surface area contributed by atoms with Crippen LogP contribution in [0.2, 0.25) is 0 Å². The van der Waals surface area contributed by atoms with Crippen LogP contribution in [0.5, 0.6) is 34.5 Å². The molecule has 0 N–H and O–H groups in total. The summed E-state index contributed by atoms with van der Waals surface area (Å²) >= 11 is 0. The Labute approximate surface area is 369 Å². The van der Waals surface area contributed by atoms with E-state index in [1.165, 1.54) is 26.6 Å². The van der Waals surface area contributed by atoms with Crippen molar-refractivity contribution in [3.05, 3.63) is 83.9 Å². The maximum Gasteiger partial charge on any atom is 3.00 e. The zero-order valence-electron chi connectivity index (χ0n) is 34.5. The zero-order valence-corrected chi connectivity index (χ0v) is 36.5. The number of para-hydroxylation sites is 2. The molecule has 0 radical (unpaired) electrons. The molecule has 0 aliphatic carbocycles. The van der Waals surface area contributed by atoms with Gasteiger partial charge in [0.15, 0.2) is 0 Å². The molecule has 0 saturated heterocycles. The Balaban J connectivity index is 0.00000620. The topological polar surface area (TPSA) is 163 Å². The number of hydrogen-bond acceptors (Lipinski definition) is 14. The molecule has 0 heterocycles. The van der Waals surface area contributed by atoms with Crippen LogP contribution in [0.15, 0.2) is 82.8 Å². The van der Waals surface area contributed by atoms with Gasteiger partial charge < -0.3 is 70.0 Å². The molecule has 0 bridgehead atoms. The predicted octanol–water partition coefficient (Wildman–Crippen LogP) is 1.84. The fourth-order valence-electron chi connectivity index (χ4n) is 5.51. The Morgan fingerprint density at radius 1 is 0.467 bits per heavy atom. The maximum atomic E-state index is 13.2. The number of hydrogen-bond donors (Lipinski definition) is 0. The van der Waals surface area contributed by atoms with Crippen molar-refractivity contribution in [2.45, 2.75) is 0 Å². The Hall–Kier alpha value is -4.41. The average molecular weight is 893 g/mol. The van der Waals surface area contributed by atoms with Crippen LogP contribution >= 0.6 is 0 Å². The zero-order chi connectivity index (χ0) is 41.2. The second kappa shape index (κ2) is 30.6. The van der Waals surface area contributed by atoms with Gasteiger partial charge in [0.05, 0.1) is 93.4 Å². The van der Waals surface area contributed by atoms with Crippen LogP contribution in [0.25, 0.3) is 22.3 Å². The first kappa shape index (κ1) is 51.7. The van der Waals surface area contributed by atoms with E-state index in [1.54, 1.807) is 38.5 Å². The van der Waals surface area contributed by atoms with E-state index in [4.69, 9.17) is 47.4 Å². The molecule has 4 aromatic rings. The van der Waals surface area contributed by atoms with Gasteiger partial charge >= 0.3 is 17.1 Å². The molecule has 0 aliphatic rings. The number of benzene rings is 4. The molecule has 0 atom stereocenters. The van der Waals surface area contributed by atoms with E-state index in [1.807, 2.05) is 48.5 Å². The van der Waals surface area contributed by atoms with E-state index in [0.717, 1.165) is 22.3 Å². The predicted molar refractivity (Wildman–Crippen MR) is 219 cm³/mol. The molecule has 0 aliphatic heterocycles. The maximum absolute atomic E-state index is 13.2. The minimum Gasteiger partial charge on any atom is -1.00 e. The molecular weight excluding hydrogens is 839 g/mol. The summed E-state index contributed by atoms with van der Waals surface area (Å²) < 4.78 is 54.9. The SMILES string of the molecule is COCCOCCOCCOc1ccccc1-c1cc(C=NCCN=Cc2cc(-c3ccccc3OCCOCCOCCOC)cc(OC)c2[O-])c([O-])c(OC)c1.[Cl-].[Mn+3]. The molecule has 0 amide bonds. The molecular formula is C44H54ClMnN2O12. The Kier molecular flexibility index (Phi) is 26.4. The molecule has 0 fully saturated rings. The van der Waals surface area contributed by atoms with Crippen LogP contribution in [0.4, 0.5) is 0 Å². The van der Waals surface area contributed by atoms with Gasteiger partial charge in [0.2, 0.25) is 0 Å². The minimum atomic E-state index is -0.293.